The molecule has 0 fully saturated rings. The van der Waals surface area contributed by atoms with Gasteiger partial charge in [0.2, 0.25) is 29.5 Å². The number of halogens is 1. The molecule has 0 aliphatic rings. The van der Waals surface area contributed by atoms with Crippen LogP contribution in [0.5, 0.6) is 0 Å². The summed E-state index contributed by atoms with van der Waals surface area (Å²) in [5.41, 5.74) is 17.7. The standard InChI is InChI=1S/C36H59ClN8O7/c1-5-6-11-26(34(49)44-29(21-24-14-16-25(37)17-15-24)35(50)45-30(36(51)52)20-22(2)3)42-33(48)28(13-8-10-19-39)43-32(47)27(12-7-9-18-38)41-31(46)23(4)40/h5-6,14-17,22-23,26-30H,7-13,18-21,38-40H2,1-4H3,(H,41,46)(H,42,48)(H,43,47)(H,44,49)(H,45,50)(H,51,52)/b6-5+/t23-,26-,27-,28-,29-,30-/m0/s1. The Bertz CT molecular complexity index is 1330. The quantitative estimate of drug-likeness (QED) is 0.0506. The summed E-state index contributed by atoms with van der Waals surface area (Å²) in [6.07, 6.45) is 6.25. The SMILES string of the molecule is C/C=C/C[C@H](NC(=O)[C@H](CCCCN)NC(=O)[C@H](CCCCN)NC(=O)[C@H](C)N)C(=O)N[C@@H](Cc1ccc(Cl)cc1)C(=O)N[C@@H](CC(C)C)C(=O)O. The van der Waals surface area contributed by atoms with Gasteiger partial charge in [-0.1, -0.05) is 49.7 Å². The first-order chi connectivity index (χ1) is 24.6. The molecule has 1 rings (SSSR count). The second kappa shape index (κ2) is 25.0. The van der Waals surface area contributed by atoms with Crippen LogP contribution in [0.4, 0.5) is 0 Å². The van der Waals surface area contributed by atoms with Crippen LogP contribution in [-0.2, 0) is 35.2 Å². The molecule has 0 spiro atoms. The van der Waals surface area contributed by atoms with Gasteiger partial charge in [0.05, 0.1) is 6.04 Å². The van der Waals surface area contributed by atoms with E-state index in [1.165, 1.54) is 6.92 Å². The number of nitrogens with one attached hydrogen (secondary N) is 5. The van der Waals surface area contributed by atoms with Gasteiger partial charge in [0.1, 0.15) is 30.2 Å². The van der Waals surface area contributed by atoms with E-state index in [2.05, 4.69) is 26.6 Å². The van der Waals surface area contributed by atoms with Gasteiger partial charge in [0, 0.05) is 11.4 Å². The molecule has 5 amide bonds. The van der Waals surface area contributed by atoms with Crippen LogP contribution in [0.1, 0.15) is 84.6 Å². The molecule has 0 saturated heterocycles. The van der Waals surface area contributed by atoms with Crippen LogP contribution in [0.25, 0.3) is 0 Å². The topological polar surface area (TPSA) is 261 Å². The maximum absolute atomic E-state index is 13.8. The fraction of sp³-hybridized carbons (Fsp3) is 0.611. The summed E-state index contributed by atoms with van der Waals surface area (Å²) < 4.78 is 0. The molecule has 0 aliphatic heterocycles. The molecular weight excluding hydrogens is 692 g/mol. The van der Waals surface area contributed by atoms with Gasteiger partial charge in [-0.15, -0.1) is 0 Å². The molecular formula is C36H59ClN8O7. The van der Waals surface area contributed by atoms with Gasteiger partial charge in [-0.2, -0.15) is 0 Å². The van der Waals surface area contributed by atoms with E-state index in [0.29, 0.717) is 49.4 Å². The van der Waals surface area contributed by atoms with Gasteiger partial charge in [-0.3, -0.25) is 24.0 Å². The van der Waals surface area contributed by atoms with Crippen molar-refractivity contribution in [2.75, 3.05) is 13.1 Å². The number of hydrogen-bond acceptors (Lipinski definition) is 9. The Morgan fingerprint density at radius 3 is 1.60 bits per heavy atom. The van der Waals surface area contributed by atoms with E-state index in [0.717, 1.165) is 0 Å². The summed E-state index contributed by atoms with van der Waals surface area (Å²) in [7, 11) is 0. The number of carbonyl (C=O) groups is 6. The minimum atomic E-state index is -1.21. The molecule has 1 aromatic rings. The zero-order valence-electron chi connectivity index (χ0n) is 30.8. The van der Waals surface area contributed by atoms with Crippen molar-refractivity contribution < 1.29 is 33.9 Å². The summed E-state index contributed by atoms with van der Waals surface area (Å²) >= 11 is 6.04. The van der Waals surface area contributed by atoms with E-state index in [9.17, 15) is 33.9 Å². The molecule has 6 atom stereocenters. The Balaban J connectivity index is 3.35. The number of carbonyl (C=O) groups excluding carboxylic acids is 5. The third-order valence-corrected chi connectivity index (χ3v) is 8.37. The van der Waals surface area contributed by atoms with Crippen LogP contribution in [0.3, 0.4) is 0 Å². The van der Waals surface area contributed by atoms with Gasteiger partial charge in [-0.25, -0.2) is 4.79 Å². The van der Waals surface area contributed by atoms with E-state index < -0.39 is 71.8 Å². The molecule has 292 valence electrons. The summed E-state index contributed by atoms with van der Waals surface area (Å²) in [6.45, 7) is 7.64. The van der Waals surface area contributed by atoms with Crippen molar-refractivity contribution in [2.45, 2.75) is 122 Å². The molecule has 16 heteroatoms. The molecule has 0 heterocycles. The fourth-order valence-corrected chi connectivity index (χ4v) is 5.30. The first-order valence-electron chi connectivity index (χ1n) is 17.9. The van der Waals surface area contributed by atoms with Crippen LogP contribution in [0, 0.1) is 5.92 Å². The van der Waals surface area contributed by atoms with Gasteiger partial charge in [0.25, 0.3) is 0 Å². The minimum absolute atomic E-state index is 0.00347. The number of carboxylic acids is 1. The van der Waals surface area contributed by atoms with Crippen molar-refractivity contribution in [3.8, 4) is 0 Å². The maximum atomic E-state index is 13.8. The highest BCUT2D eigenvalue weighted by molar-refractivity contribution is 6.30. The number of aliphatic carboxylic acids is 1. The number of unbranched alkanes of at least 4 members (excludes halogenated alkanes) is 2. The first-order valence-corrected chi connectivity index (χ1v) is 18.3. The predicted octanol–water partition coefficient (Wildman–Crippen LogP) is 1.01. The minimum Gasteiger partial charge on any atom is -0.480 e. The summed E-state index contributed by atoms with van der Waals surface area (Å²) in [5, 5.41) is 23.6. The molecule has 0 aromatic heterocycles. The fourth-order valence-electron chi connectivity index (χ4n) is 5.18. The van der Waals surface area contributed by atoms with Crippen molar-refractivity contribution in [1.82, 2.24) is 26.6 Å². The predicted molar refractivity (Wildman–Crippen MR) is 201 cm³/mol. The molecule has 0 saturated carbocycles. The van der Waals surface area contributed by atoms with E-state index in [1.54, 1.807) is 43.3 Å². The average molecular weight is 751 g/mol. The Hall–Kier alpha value is -4.05. The lowest BCUT2D eigenvalue weighted by Crippen LogP contribution is -2.59. The van der Waals surface area contributed by atoms with Crippen LogP contribution in [-0.4, -0.2) is 90.0 Å². The van der Waals surface area contributed by atoms with Crippen molar-refractivity contribution in [3.63, 3.8) is 0 Å². The molecule has 0 bridgehead atoms. The molecule has 0 unspecified atom stereocenters. The second-order valence-corrected chi connectivity index (χ2v) is 13.7. The van der Waals surface area contributed by atoms with Gasteiger partial charge < -0.3 is 48.9 Å². The highest BCUT2D eigenvalue weighted by atomic mass is 35.5. The lowest BCUT2D eigenvalue weighted by atomic mass is 10.0. The van der Waals surface area contributed by atoms with Crippen LogP contribution in [0.2, 0.25) is 5.02 Å². The number of benzene rings is 1. The Morgan fingerprint density at radius 2 is 1.13 bits per heavy atom. The van der Waals surface area contributed by atoms with E-state index in [-0.39, 0.29) is 38.0 Å². The summed E-state index contributed by atoms with van der Waals surface area (Å²) in [5.74, 6) is -4.44. The third-order valence-electron chi connectivity index (χ3n) is 8.12. The van der Waals surface area contributed by atoms with Crippen molar-refractivity contribution in [2.24, 2.45) is 23.1 Å². The number of amides is 5. The number of allylic oxidation sites excluding steroid dienone is 1. The van der Waals surface area contributed by atoms with Gasteiger partial charge in [-0.05, 0) is 102 Å². The zero-order chi connectivity index (χ0) is 39.2. The van der Waals surface area contributed by atoms with Crippen molar-refractivity contribution in [3.05, 3.63) is 47.0 Å². The summed E-state index contributed by atoms with van der Waals surface area (Å²) in [6, 6.07) is 0.116. The van der Waals surface area contributed by atoms with Crippen molar-refractivity contribution >= 4 is 47.1 Å². The number of carboxylic acid groups (broad SMARTS) is 1. The maximum Gasteiger partial charge on any atom is 0.326 e. The molecule has 12 N–H and O–H groups in total. The lowest BCUT2D eigenvalue weighted by molar-refractivity contribution is -0.142. The summed E-state index contributed by atoms with van der Waals surface area (Å²) in [4.78, 5) is 79.0. The van der Waals surface area contributed by atoms with E-state index in [1.807, 2.05) is 13.8 Å². The Labute approximate surface area is 312 Å². The number of rotatable bonds is 25. The highest BCUT2D eigenvalue weighted by Gasteiger charge is 2.32. The average Bonchev–Trinajstić information content (AvgIpc) is 3.08. The third kappa shape index (κ3) is 17.9. The highest BCUT2D eigenvalue weighted by Crippen LogP contribution is 2.13. The van der Waals surface area contributed by atoms with Crippen molar-refractivity contribution in [1.29, 1.82) is 0 Å². The zero-order valence-corrected chi connectivity index (χ0v) is 31.5. The molecule has 0 aliphatic carbocycles. The Kier molecular flexibility index (Phi) is 22.1. The second-order valence-electron chi connectivity index (χ2n) is 13.3. The van der Waals surface area contributed by atoms with Crippen LogP contribution in [0.15, 0.2) is 36.4 Å². The van der Waals surface area contributed by atoms with Gasteiger partial charge in [0.15, 0.2) is 0 Å². The molecule has 15 nitrogen and oxygen atoms in total. The number of hydrogen-bond donors (Lipinski definition) is 9. The smallest absolute Gasteiger partial charge is 0.326 e. The normalized spacial score (nSPS) is 14.8. The lowest BCUT2D eigenvalue weighted by Gasteiger charge is -2.27. The van der Waals surface area contributed by atoms with E-state index in [4.69, 9.17) is 28.8 Å². The largest absolute Gasteiger partial charge is 0.480 e. The van der Waals surface area contributed by atoms with Crippen LogP contribution < -0.4 is 43.8 Å². The van der Waals surface area contributed by atoms with Crippen LogP contribution >= 0.6 is 11.6 Å². The molecule has 1 aromatic carbocycles. The van der Waals surface area contributed by atoms with Gasteiger partial charge >= 0.3 is 5.97 Å². The molecule has 52 heavy (non-hydrogen) atoms. The first kappa shape index (κ1) is 46.0. The van der Waals surface area contributed by atoms with E-state index >= 15 is 0 Å². The number of nitrogens with two attached hydrogens (primary N) is 3. The monoisotopic (exact) mass is 750 g/mol. The molecule has 0 radical (unpaired) electrons. The Morgan fingerprint density at radius 1 is 0.692 bits per heavy atom.